The number of nitrogens with zero attached hydrogens (tertiary/aromatic N) is 2. The van der Waals surface area contributed by atoms with E-state index in [1.165, 1.54) is 5.56 Å². The molecule has 0 radical (unpaired) electrons. The molecule has 1 heterocycles. The minimum absolute atomic E-state index is 0.0479. The lowest BCUT2D eigenvalue weighted by Crippen LogP contribution is -2.40. The Morgan fingerprint density at radius 3 is 2.85 bits per heavy atom. The van der Waals surface area contributed by atoms with Crippen LogP contribution in [0.2, 0.25) is 5.02 Å². The van der Waals surface area contributed by atoms with Gasteiger partial charge >= 0.3 is 0 Å². The molecule has 0 aliphatic carbocycles. The minimum Gasteiger partial charge on any atom is -0.379 e. The summed E-state index contributed by atoms with van der Waals surface area (Å²) < 4.78 is 0. The highest BCUT2D eigenvalue weighted by molar-refractivity contribution is 6.33. The van der Waals surface area contributed by atoms with Crippen molar-refractivity contribution < 1.29 is 4.79 Å². The normalized spacial score (nSPS) is 17.3. The van der Waals surface area contributed by atoms with Crippen LogP contribution in [0.5, 0.6) is 0 Å². The molecule has 0 bridgehead atoms. The molecule has 3 N–H and O–H groups in total. The second-order valence-corrected chi connectivity index (χ2v) is 7.33. The lowest BCUT2D eigenvalue weighted by Gasteiger charge is -2.31. The van der Waals surface area contributed by atoms with E-state index in [1.54, 1.807) is 18.2 Å². The molecule has 1 amide bonds. The van der Waals surface area contributed by atoms with E-state index in [9.17, 15) is 10.1 Å². The van der Waals surface area contributed by atoms with Crippen molar-refractivity contribution in [3.05, 3.63) is 64.2 Å². The van der Waals surface area contributed by atoms with Gasteiger partial charge in [-0.1, -0.05) is 41.9 Å². The lowest BCUT2D eigenvalue weighted by atomic mass is 9.97. The summed E-state index contributed by atoms with van der Waals surface area (Å²) in [6, 6.07) is 15.7. The highest BCUT2D eigenvalue weighted by Crippen LogP contribution is 2.26. The van der Waals surface area contributed by atoms with Crippen LogP contribution >= 0.6 is 11.6 Å². The van der Waals surface area contributed by atoms with Gasteiger partial charge in [0.25, 0.3) is 0 Å². The number of nitrogens with one attached hydrogen (secondary N) is 1. The zero-order valence-corrected chi connectivity index (χ0v) is 15.9. The highest BCUT2D eigenvalue weighted by Gasteiger charge is 2.23. The van der Waals surface area contributed by atoms with E-state index in [0.717, 1.165) is 38.0 Å². The minimum atomic E-state index is -0.203. The van der Waals surface area contributed by atoms with Gasteiger partial charge in [0, 0.05) is 19.6 Å². The summed E-state index contributed by atoms with van der Waals surface area (Å²) >= 11 is 6.22. The van der Waals surface area contributed by atoms with Gasteiger partial charge in [-0.3, -0.25) is 9.69 Å². The number of benzene rings is 2. The second-order valence-electron chi connectivity index (χ2n) is 6.92. The van der Waals surface area contributed by atoms with Crippen molar-refractivity contribution >= 4 is 23.2 Å². The molecule has 5 nitrogen and oxygen atoms in total. The molecule has 1 aliphatic heterocycles. The smallest absolute Gasteiger partial charge is 0.221 e. The molecule has 1 fully saturated rings. The van der Waals surface area contributed by atoms with Crippen LogP contribution in [0.1, 0.15) is 29.5 Å². The number of hydrogen-bond acceptors (Lipinski definition) is 4. The predicted octanol–water partition coefficient (Wildman–Crippen LogP) is 3.52. The summed E-state index contributed by atoms with van der Waals surface area (Å²) in [5, 5.41) is 13.1. The number of hydrogen-bond donors (Lipinski definition) is 2. The predicted molar refractivity (Wildman–Crippen MR) is 107 cm³/mol. The molecule has 2 aromatic rings. The van der Waals surface area contributed by atoms with Gasteiger partial charge in [-0.2, -0.15) is 5.26 Å². The van der Waals surface area contributed by atoms with E-state index in [1.807, 2.05) is 12.1 Å². The van der Waals surface area contributed by atoms with E-state index < -0.39 is 0 Å². The number of carbonyl (C=O) groups is 1. The van der Waals surface area contributed by atoms with E-state index in [4.69, 9.17) is 17.3 Å². The van der Waals surface area contributed by atoms with Crippen molar-refractivity contribution in [2.45, 2.75) is 25.9 Å². The molecule has 2 aromatic carbocycles. The molecule has 1 aliphatic rings. The summed E-state index contributed by atoms with van der Waals surface area (Å²) in [4.78, 5) is 13.7. The van der Waals surface area contributed by atoms with Crippen LogP contribution in [-0.2, 0) is 17.9 Å². The Labute approximate surface area is 164 Å². The molecule has 1 atom stereocenters. The van der Waals surface area contributed by atoms with Crippen LogP contribution in [0.25, 0.3) is 0 Å². The molecule has 140 valence electrons. The largest absolute Gasteiger partial charge is 0.379 e. The van der Waals surface area contributed by atoms with Crippen LogP contribution in [0.15, 0.2) is 42.5 Å². The Kier molecular flexibility index (Phi) is 6.33. The third-order valence-corrected chi connectivity index (χ3v) is 5.22. The van der Waals surface area contributed by atoms with E-state index >= 15 is 0 Å². The number of carbonyl (C=O) groups excluding carboxylic acids is 1. The van der Waals surface area contributed by atoms with Crippen LogP contribution < -0.4 is 11.1 Å². The SMILES string of the molecule is N#Cc1cccc(Cl)c1NCc1cccc(CN2CCCC(C(N)=O)C2)c1. The summed E-state index contributed by atoms with van der Waals surface area (Å²) in [6.07, 6.45) is 1.88. The van der Waals surface area contributed by atoms with Gasteiger partial charge in [0.15, 0.2) is 0 Å². The first-order valence-corrected chi connectivity index (χ1v) is 9.46. The van der Waals surface area contributed by atoms with Gasteiger partial charge in [0.2, 0.25) is 5.91 Å². The number of para-hydroxylation sites is 1. The monoisotopic (exact) mass is 382 g/mol. The summed E-state index contributed by atoms with van der Waals surface area (Å²) in [7, 11) is 0. The Balaban J connectivity index is 1.64. The maximum absolute atomic E-state index is 11.5. The number of likely N-dealkylation sites (tertiary alicyclic amines) is 1. The van der Waals surface area contributed by atoms with Crippen LogP contribution in [0.4, 0.5) is 5.69 Å². The van der Waals surface area contributed by atoms with Crippen molar-refractivity contribution in [1.29, 1.82) is 5.26 Å². The fraction of sp³-hybridized carbons (Fsp3) is 0.333. The number of nitrogens with two attached hydrogens (primary N) is 1. The van der Waals surface area contributed by atoms with Crippen molar-refractivity contribution in [1.82, 2.24) is 4.90 Å². The number of amides is 1. The second kappa shape index (κ2) is 8.90. The Morgan fingerprint density at radius 1 is 1.30 bits per heavy atom. The quantitative estimate of drug-likeness (QED) is 0.800. The number of primary amides is 1. The van der Waals surface area contributed by atoms with Gasteiger partial charge in [-0.05, 0) is 42.6 Å². The van der Waals surface area contributed by atoms with Crippen molar-refractivity contribution in [3.8, 4) is 6.07 Å². The zero-order valence-electron chi connectivity index (χ0n) is 15.1. The van der Waals surface area contributed by atoms with Crippen LogP contribution in [0.3, 0.4) is 0 Å². The average molecular weight is 383 g/mol. The summed E-state index contributed by atoms with van der Waals surface area (Å²) in [5.74, 6) is -0.251. The van der Waals surface area contributed by atoms with Crippen molar-refractivity contribution in [3.63, 3.8) is 0 Å². The Bertz CT molecular complexity index is 862. The Hall–Kier alpha value is -2.55. The molecule has 6 heteroatoms. The van der Waals surface area contributed by atoms with Crippen molar-refractivity contribution in [2.75, 3.05) is 18.4 Å². The molecule has 0 aromatic heterocycles. The van der Waals surface area contributed by atoms with Crippen LogP contribution in [0, 0.1) is 17.2 Å². The molecular weight excluding hydrogens is 360 g/mol. The Morgan fingerprint density at radius 2 is 2.07 bits per heavy atom. The summed E-state index contributed by atoms with van der Waals surface area (Å²) in [6.45, 7) is 3.09. The fourth-order valence-corrected chi connectivity index (χ4v) is 3.76. The maximum Gasteiger partial charge on any atom is 0.221 e. The van der Waals surface area contributed by atoms with Crippen LogP contribution in [-0.4, -0.2) is 23.9 Å². The van der Waals surface area contributed by atoms with Crippen molar-refractivity contribution in [2.24, 2.45) is 11.7 Å². The molecule has 1 unspecified atom stereocenters. The topological polar surface area (TPSA) is 82.2 Å². The number of piperidine rings is 1. The first-order chi connectivity index (χ1) is 13.1. The third-order valence-electron chi connectivity index (χ3n) is 4.91. The van der Waals surface area contributed by atoms with E-state index in [2.05, 4.69) is 28.4 Å². The van der Waals surface area contributed by atoms with E-state index in [0.29, 0.717) is 22.8 Å². The highest BCUT2D eigenvalue weighted by atomic mass is 35.5. The first kappa shape index (κ1) is 19.2. The summed E-state index contributed by atoms with van der Waals surface area (Å²) in [5.41, 5.74) is 8.97. The number of rotatable bonds is 6. The van der Waals surface area contributed by atoms with E-state index in [-0.39, 0.29) is 11.8 Å². The molecule has 1 saturated heterocycles. The molecular formula is C21H23ClN4O. The maximum atomic E-state index is 11.5. The van der Waals surface area contributed by atoms with Gasteiger partial charge in [-0.25, -0.2) is 0 Å². The fourth-order valence-electron chi connectivity index (χ4n) is 3.51. The average Bonchev–Trinajstić information content (AvgIpc) is 2.67. The molecule has 0 saturated carbocycles. The van der Waals surface area contributed by atoms with Gasteiger partial charge in [-0.15, -0.1) is 0 Å². The van der Waals surface area contributed by atoms with Gasteiger partial charge < -0.3 is 11.1 Å². The first-order valence-electron chi connectivity index (χ1n) is 9.09. The number of anilines is 1. The number of nitriles is 1. The standard InChI is InChI=1S/C21H23ClN4O/c22-19-8-2-6-17(11-23)20(19)25-12-15-4-1-5-16(10-15)13-26-9-3-7-18(14-26)21(24)27/h1-2,4-6,8,10,18,25H,3,7,9,12-14H2,(H2,24,27). The third kappa shape index (κ3) is 5.00. The van der Waals surface area contributed by atoms with Gasteiger partial charge in [0.1, 0.15) is 6.07 Å². The molecule has 0 spiro atoms. The lowest BCUT2D eigenvalue weighted by molar-refractivity contribution is -0.123. The molecule has 27 heavy (non-hydrogen) atoms. The number of halogens is 1. The molecule has 3 rings (SSSR count). The van der Waals surface area contributed by atoms with Gasteiger partial charge in [0.05, 0.1) is 22.2 Å². The zero-order chi connectivity index (χ0) is 19.2.